The van der Waals surface area contributed by atoms with Crippen molar-refractivity contribution in [2.75, 3.05) is 30.9 Å². The maximum Gasteiger partial charge on any atom is 0.262 e. The molecule has 0 aliphatic heterocycles. The summed E-state index contributed by atoms with van der Waals surface area (Å²) in [4.78, 5) is 12.5. The maximum absolute atomic E-state index is 13.1. The molecule has 8 nitrogen and oxygen atoms in total. The number of aryl methyl sites for hydroxylation is 1. The Kier molecular flexibility index (Phi) is 8.38. The van der Waals surface area contributed by atoms with E-state index in [0.29, 0.717) is 40.6 Å². The number of benzene rings is 3. The summed E-state index contributed by atoms with van der Waals surface area (Å²) in [6.07, 6.45) is 2.46. The van der Waals surface area contributed by atoms with Gasteiger partial charge < -0.3 is 19.5 Å². The smallest absolute Gasteiger partial charge is 0.262 e. The van der Waals surface area contributed by atoms with Crippen molar-refractivity contribution in [3.63, 3.8) is 0 Å². The topological polar surface area (TPSA) is 103 Å². The van der Waals surface area contributed by atoms with Crippen molar-refractivity contribution in [3.05, 3.63) is 84.4 Å². The Morgan fingerprint density at radius 3 is 2.43 bits per heavy atom. The molecular weight excluding hydrogens is 468 g/mol. The van der Waals surface area contributed by atoms with Gasteiger partial charge in [-0.3, -0.25) is 9.52 Å². The number of hydrogen-bond donors (Lipinski definition) is 2. The van der Waals surface area contributed by atoms with Crippen LogP contribution in [0.15, 0.2) is 78.2 Å². The number of nitrogens with one attached hydrogen (secondary N) is 2. The van der Waals surface area contributed by atoms with Crippen molar-refractivity contribution in [2.45, 2.75) is 18.2 Å². The zero-order valence-corrected chi connectivity index (χ0v) is 20.6. The Morgan fingerprint density at radius 1 is 0.971 bits per heavy atom. The number of methoxy groups -OCH3 is 2. The Morgan fingerprint density at radius 2 is 1.71 bits per heavy atom. The highest BCUT2D eigenvalue weighted by molar-refractivity contribution is 7.92. The van der Waals surface area contributed by atoms with Gasteiger partial charge in [-0.05, 0) is 60.9 Å². The fraction of sp³-hybridized carbons (Fsp3) is 0.192. The van der Waals surface area contributed by atoms with Crippen LogP contribution in [0.3, 0.4) is 0 Å². The monoisotopic (exact) mass is 496 g/mol. The second-order valence-electron chi connectivity index (χ2n) is 7.60. The molecule has 0 bridgehead atoms. The molecule has 0 saturated carbocycles. The molecule has 3 aromatic carbocycles. The van der Waals surface area contributed by atoms with Gasteiger partial charge in [-0.2, -0.15) is 0 Å². The van der Waals surface area contributed by atoms with E-state index in [0.717, 1.165) is 5.56 Å². The summed E-state index contributed by atoms with van der Waals surface area (Å²) >= 11 is 0. The molecule has 9 heteroatoms. The van der Waals surface area contributed by atoms with Crippen LogP contribution in [0, 0.1) is 6.92 Å². The van der Waals surface area contributed by atoms with Crippen molar-refractivity contribution in [2.24, 2.45) is 0 Å². The molecule has 0 fully saturated rings. The lowest BCUT2D eigenvalue weighted by molar-refractivity contribution is -0.118. The van der Waals surface area contributed by atoms with Crippen molar-refractivity contribution in [3.8, 4) is 17.2 Å². The molecule has 0 aliphatic rings. The predicted molar refractivity (Wildman–Crippen MR) is 136 cm³/mol. The second-order valence-corrected chi connectivity index (χ2v) is 9.25. The molecule has 35 heavy (non-hydrogen) atoms. The van der Waals surface area contributed by atoms with Gasteiger partial charge in [0.25, 0.3) is 15.9 Å². The van der Waals surface area contributed by atoms with Crippen molar-refractivity contribution in [1.82, 2.24) is 0 Å². The highest BCUT2D eigenvalue weighted by Crippen LogP contribution is 2.29. The van der Waals surface area contributed by atoms with E-state index < -0.39 is 15.9 Å². The fourth-order valence-corrected chi connectivity index (χ4v) is 4.70. The molecule has 0 radical (unpaired) electrons. The van der Waals surface area contributed by atoms with Crippen LogP contribution >= 0.6 is 0 Å². The summed E-state index contributed by atoms with van der Waals surface area (Å²) in [5, 5.41) is 2.67. The van der Waals surface area contributed by atoms with E-state index in [9.17, 15) is 13.2 Å². The number of carbonyl (C=O) groups excluding carboxylic acids is 1. The Labute approximate surface area is 205 Å². The largest absolute Gasteiger partial charge is 0.495 e. The molecule has 0 unspecified atom stereocenters. The van der Waals surface area contributed by atoms with E-state index in [4.69, 9.17) is 14.2 Å². The summed E-state index contributed by atoms with van der Waals surface area (Å²) < 4.78 is 44.8. The number of amides is 1. The molecule has 3 rings (SSSR count). The summed E-state index contributed by atoms with van der Waals surface area (Å²) in [6.45, 7) is 5.11. The number of para-hydroxylation sites is 2. The van der Waals surface area contributed by atoms with Crippen molar-refractivity contribution in [1.29, 1.82) is 0 Å². The quantitative estimate of drug-likeness (QED) is 0.377. The minimum atomic E-state index is -3.94. The first-order chi connectivity index (χ1) is 16.8. The number of hydrogen-bond acceptors (Lipinski definition) is 6. The molecule has 184 valence electrons. The van der Waals surface area contributed by atoms with Crippen molar-refractivity contribution < 1.29 is 27.4 Å². The van der Waals surface area contributed by atoms with Gasteiger partial charge in [-0.25, -0.2) is 8.42 Å². The molecule has 0 aliphatic carbocycles. The van der Waals surface area contributed by atoms with E-state index in [1.807, 2.05) is 12.1 Å². The first-order valence-corrected chi connectivity index (χ1v) is 12.2. The van der Waals surface area contributed by atoms with E-state index in [1.54, 1.807) is 55.5 Å². The number of allylic oxidation sites excluding steroid dienone is 1. The molecule has 0 heterocycles. The molecule has 3 aromatic rings. The Balaban J connectivity index is 1.72. The molecule has 0 spiro atoms. The summed E-state index contributed by atoms with van der Waals surface area (Å²) in [7, 11) is -0.963. The van der Waals surface area contributed by atoms with Crippen LogP contribution in [-0.4, -0.2) is 35.2 Å². The Bertz CT molecular complexity index is 1320. The summed E-state index contributed by atoms with van der Waals surface area (Å²) in [5.41, 5.74) is 2.15. The van der Waals surface area contributed by atoms with Crippen LogP contribution in [0.2, 0.25) is 0 Å². The van der Waals surface area contributed by atoms with Crippen LogP contribution in [0.25, 0.3) is 0 Å². The molecule has 2 N–H and O–H groups in total. The van der Waals surface area contributed by atoms with Crippen LogP contribution in [0.1, 0.15) is 11.1 Å². The highest BCUT2D eigenvalue weighted by Gasteiger charge is 2.20. The zero-order chi connectivity index (χ0) is 25.4. The molecule has 1 amide bonds. The average molecular weight is 497 g/mol. The maximum atomic E-state index is 13.1. The first kappa shape index (κ1) is 25.6. The summed E-state index contributed by atoms with van der Waals surface area (Å²) in [5.74, 6) is 0.863. The van der Waals surface area contributed by atoms with Gasteiger partial charge in [0.15, 0.2) is 18.1 Å². The number of anilines is 2. The van der Waals surface area contributed by atoms with E-state index >= 15 is 0 Å². The first-order valence-electron chi connectivity index (χ1n) is 10.7. The van der Waals surface area contributed by atoms with Crippen LogP contribution in [-0.2, 0) is 21.2 Å². The lowest BCUT2D eigenvalue weighted by Crippen LogP contribution is -2.21. The van der Waals surface area contributed by atoms with E-state index in [-0.39, 0.29) is 11.5 Å². The third kappa shape index (κ3) is 6.54. The summed E-state index contributed by atoms with van der Waals surface area (Å²) in [6, 6.07) is 16.8. The predicted octanol–water partition coefficient (Wildman–Crippen LogP) is 4.56. The third-order valence-corrected chi connectivity index (χ3v) is 6.59. The molecular formula is C26H28N2O6S. The fourth-order valence-electron chi connectivity index (χ4n) is 3.36. The number of carbonyl (C=O) groups is 1. The lowest BCUT2D eigenvalue weighted by atomic mass is 10.1. The minimum Gasteiger partial charge on any atom is -0.495 e. The van der Waals surface area contributed by atoms with Crippen LogP contribution in [0.5, 0.6) is 17.2 Å². The lowest BCUT2D eigenvalue weighted by Gasteiger charge is -2.15. The minimum absolute atomic E-state index is 0.0293. The van der Waals surface area contributed by atoms with E-state index in [1.165, 1.54) is 20.3 Å². The van der Waals surface area contributed by atoms with E-state index in [2.05, 4.69) is 16.6 Å². The average Bonchev–Trinajstić information content (AvgIpc) is 2.84. The normalized spacial score (nSPS) is 10.8. The van der Waals surface area contributed by atoms with Gasteiger partial charge >= 0.3 is 0 Å². The van der Waals surface area contributed by atoms with Gasteiger partial charge in [-0.15, -0.1) is 6.58 Å². The molecule has 0 saturated heterocycles. The number of sulfonamides is 1. The Hall–Kier alpha value is -3.98. The number of rotatable bonds is 11. The van der Waals surface area contributed by atoms with Gasteiger partial charge in [0.1, 0.15) is 5.75 Å². The second kappa shape index (κ2) is 11.4. The van der Waals surface area contributed by atoms with Crippen molar-refractivity contribution >= 4 is 27.3 Å². The third-order valence-electron chi connectivity index (χ3n) is 5.08. The van der Waals surface area contributed by atoms with Gasteiger partial charge in [0, 0.05) is 5.69 Å². The van der Waals surface area contributed by atoms with Gasteiger partial charge in [0.05, 0.1) is 24.8 Å². The SMILES string of the molecule is C=CCc1ccc(OCC(=O)Nc2ccc(C)c(S(=O)(=O)Nc3ccccc3OC)c2)c(OC)c1. The van der Waals surface area contributed by atoms with Gasteiger partial charge in [0.2, 0.25) is 0 Å². The standard InChI is InChI=1S/C26H28N2O6S/c1-5-8-19-12-14-23(24(15-19)33-4)34-17-26(29)27-20-13-11-18(2)25(16-20)35(30,31)28-21-9-6-7-10-22(21)32-3/h5-7,9-16,28H,1,8,17H2,2-4H3,(H,27,29). The zero-order valence-electron chi connectivity index (χ0n) is 19.8. The van der Waals surface area contributed by atoms with Crippen LogP contribution in [0.4, 0.5) is 11.4 Å². The molecule has 0 aromatic heterocycles. The molecule has 0 atom stereocenters. The number of ether oxygens (including phenoxy) is 3. The highest BCUT2D eigenvalue weighted by atomic mass is 32.2. The van der Waals surface area contributed by atoms with Gasteiger partial charge in [-0.1, -0.05) is 30.3 Å². The van der Waals surface area contributed by atoms with Crippen LogP contribution < -0.4 is 24.2 Å².